The van der Waals surface area contributed by atoms with E-state index in [1.165, 1.54) is 6.20 Å². The number of amides is 1. The van der Waals surface area contributed by atoms with Crippen LogP contribution in [0.15, 0.2) is 6.20 Å². The maximum atomic E-state index is 10.8. The third-order valence-electron chi connectivity index (χ3n) is 1.17. The van der Waals surface area contributed by atoms with Crippen molar-refractivity contribution in [2.24, 2.45) is 0 Å². The van der Waals surface area contributed by atoms with Gasteiger partial charge in [0.25, 0.3) is 5.91 Å². The van der Waals surface area contributed by atoms with Crippen molar-refractivity contribution in [2.45, 2.75) is 6.92 Å². The first-order chi connectivity index (χ1) is 4.74. The minimum absolute atomic E-state index is 0.138. The van der Waals surface area contributed by atoms with Gasteiger partial charge in [0.05, 0.1) is 6.20 Å². The lowest BCUT2D eigenvalue weighted by molar-refractivity contribution is 0.0958. The summed E-state index contributed by atoms with van der Waals surface area (Å²) in [7, 11) is 1.58. The second kappa shape index (κ2) is 2.51. The van der Waals surface area contributed by atoms with Gasteiger partial charge in [-0.15, -0.1) is 0 Å². The fourth-order valence-electron chi connectivity index (χ4n) is 0.671. The van der Waals surface area contributed by atoms with Crippen molar-refractivity contribution in [3.8, 4) is 0 Å². The van der Waals surface area contributed by atoms with E-state index in [0.29, 0.717) is 5.69 Å². The van der Waals surface area contributed by atoms with E-state index >= 15 is 0 Å². The number of hydrogen-bond donors (Lipinski definition) is 2. The van der Waals surface area contributed by atoms with Crippen molar-refractivity contribution in [1.82, 2.24) is 15.3 Å². The van der Waals surface area contributed by atoms with Crippen LogP contribution in [0.25, 0.3) is 0 Å². The number of imidazole rings is 1. The van der Waals surface area contributed by atoms with Gasteiger partial charge in [-0.3, -0.25) is 4.79 Å². The minimum Gasteiger partial charge on any atom is -0.354 e. The van der Waals surface area contributed by atoms with E-state index in [-0.39, 0.29) is 5.91 Å². The van der Waals surface area contributed by atoms with Crippen molar-refractivity contribution in [3.05, 3.63) is 17.7 Å². The standard InChI is InChI=1S/C6H9N3O/c1-4-8-3-5(9-4)6(10)7-2/h3H,1-2H3,(H,7,10)(H,8,9). The summed E-state index contributed by atoms with van der Waals surface area (Å²) in [5, 5.41) is 2.48. The van der Waals surface area contributed by atoms with Gasteiger partial charge in [0.1, 0.15) is 11.5 Å². The van der Waals surface area contributed by atoms with Gasteiger partial charge < -0.3 is 10.3 Å². The molecule has 0 unspecified atom stereocenters. The number of H-pyrrole nitrogens is 1. The monoisotopic (exact) mass is 139 g/mol. The number of aromatic nitrogens is 2. The van der Waals surface area contributed by atoms with Gasteiger partial charge >= 0.3 is 0 Å². The van der Waals surface area contributed by atoms with E-state index in [2.05, 4.69) is 15.3 Å². The van der Waals surface area contributed by atoms with E-state index in [1.807, 2.05) is 0 Å². The molecule has 0 bridgehead atoms. The number of carbonyl (C=O) groups is 1. The number of aromatic amines is 1. The largest absolute Gasteiger partial charge is 0.354 e. The van der Waals surface area contributed by atoms with E-state index in [4.69, 9.17) is 0 Å². The van der Waals surface area contributed by atoms with Crippen LogP contribution < -0.4 is 5.32 Å². The molecular formula is C6H9N3O. The van der Waals surface area contributed by atoms with Gasteiger partial charge in [-0.2, -0.15) is 0 Å². The SMILES string of the molecule is CNC(=O)c1cnc(C)[nH]1. The van der Waals surface area contributed by atoms with E-state index < -0.39 is 0 Å². The summed E-state index contributed by atoms with van der Waals surface area (Å²) >= 11 is 0. The van der Waals surface area contributed by atoms with Gasteiger partial charge in [0, 0.05) is 7.05 Å². The zero-order valence-electron chi connectivity index (χ0n) is 5.93. The highest BCUT2D eigenvalue weighted by Gasteiger charge is 2.03. The van der Waals surface area contributed by atoms with Crippen molar-refractivity contribution in [3.63, 3.8) is 0 Å². The first kappa shape index (κ1) is 6.80. The first-order valence-corrected chi connectivity index (χ1v) is 2.97. The maximum absolute atomic E-state index is 10.8. The molecule has 0 fully saturated rings. The molecule has 0 atom stereocenters. The summed E-state index contributed by atoms with van der Waals surface area (Å²) < 4.78 is 0. The van der Waals surface area contributed by atoms with Crippen LogP contribution in [0, 0.1) is 6.92 Å². The van der Waals surface area contributed by atoms with Crippen LogP contribution in [0.2, 0.25) is 0 Å². The molecule has 0 saturated carbocycles. The fraction of sp³-hybridized carbons (Fsp3) is 0.333. The molecule has 4 heteroatoms. The molecule has 1 aromatic rings. The van der Waals surface area contributed by atoms with Crippen molar-refractivity contribution in [2.75, 3.05) is 7.05 Å². The van der Waals surface area contributed by atoms with E-state index in [1.54, 1.807) is 14.0 Å². The average Bonchev–Trinajstić information content (AvgIpc) is 2.34. The Hall–Kier alpha value is -1.32. The molecule has 2 N–H and O–H groups in total. The van der Waals surface area contributed by atoms with Gasteiger partial charge in [-0.25, -0.2) is 4.98 Å². The predicted molar refractivity (Wildman–Crippen MR) is 36.7 cm³/mol. The average molecular weight is 139 g/mol. The Morgan fingerprint density at radius 3 is 2.90 bits per heavy atom. The summed E-state index contributed by atoms with van der Waals surface area (Å²) in [6.07, 6.45) is 1.51. The Labute approximate surface area is 58.7 Å². The molecule has 1 amide bonds. The van der Waals surface area contributed by atoms with Gasteiger partial charge in [-0.1, -0.05) is 0 Å². The van der Waals surface area contributed by atoms with Crippen molar-refractivity contribution < 1.29 is 4.79 Å². The smallest absolute Gasteiger partial charge is 0.269 e. The van der Waals surface area contributed by atoms with Crippen LogP contribution in [0.3, 0.4) is 0 Å². The molecule has 0 aliphatic rings. The van der Waals surface area contributed by atoms with Crippen LogP contribution in [0.5, 0.6) is 0 Å². The van der Waals surface area contributed by atoms with Crippen molar-refractivity contribution in [1.29, 1.82) is 0 Å². The molecular weight excluding hydrogens is 130 g/mol. The third kappa shape index (κ3) is 1.15. The predicted octanol–water partition coefficient (Wildman–Crippen LogP) is 0.0777. The molecule has 4 nitrogen and oxygen atoms in total. The Morgan fingerprint density at radius 2 is 2.50 bits per heavy atom. The molecule has 1 aromatic heterocycles. The summed E-state index contributed by atoms with van der Waals surface area (Å²) in [4.78, 5) is 17.5. The number of rotatable bonds is 1. The fourth-order valence-corrected chi connectivity index (χ4v) is 0.671. The summed E-state index contributed by atoms with van der Waals surface area (Å²) in [5.74, 6) is 0.610. The highest BCUT2D eigenvalue weighted by molar-refractivity contribution is 5.91. The Balaban J connectivity index is 2.85. The van der Waals surface area contributed by atoms with E-state index in [9.17, 15) is 4.79 Å². The molecule has 54 valence electrons. The summed E-state index contributed by atoms with van der Waals surface area (Å²) in [6, 6.07) is 0. The van der Waals surface area contributed by atoms with Gasteiger partial charge in [0.2, 0.25) is 0 Å². The quantitative estimate of drug-likeness (QED) is 0.578. The topological polar surface area (TPSA) is 57.8 Å². The molecule has 0 saturated heterocycles. The highest BCUT2D eigenvalue weighted by atomic mass is 16.1. The molecule has 0 aromatic carbocycles. The molecule has 1 rings (SSSR count). The van der Waals surface area contributed by atoms with Gasteiger partial charge in [0.15, 0.2) is 0 Å². The second-order valence-electron chi connectivity index (χ2n) is 1.96. The van der Waals surface area contributed by atoms with Crippen molar-refractivity contribution >= 4 is 5.91 Å². The molecule has 0 radical (unpaired) electrons. The summed E-state index contributed by atoms with van der Waals surface area (Å²) in [5.41, 5.74) is 0.500. The van der Waals surface area contributed by atoms with Crippen LogP contribution in [0.1, 0.15) is 16.3 Å². The van der Waals surface area contributed by atoms with Crippen LogP contribution in [-0.4, -0.2) is 22.9 Å². The van der Waals surface area contributed by atoms with Crippen LogP contribution in [0.4, 0.5) is 0 Å². The molecule has 0 aliphatic carbocycles. The lowest BCUT2D eigenvalue weighted by Gasteiger charge is -1.91. The lowest BCUT2D eigenvalue weighted by Crippen LogP contribution is -2.17. The van der Waals surface area contributed by atoms with Crippen LogP contribution >= 0.6 is 0 Å². The number of hydrogen-bond acceptors (Lipinski definition) is 2. The minimum atomic E-state index is -0.138. The van der Waals surface area contributed by atoms with Gasteiger partial charge in [-0.05, 0) is 6.92 Å². The maximum Gasteiger partial charge on any atom is 0.269 e. The Morgan fingerprint density at radius 1 is 1.80 bits per heavy atom. The van der Waals surface area contributed by atoms with Crippen LogP contribution in [-0.2, 0) is 0 Å². The highest BCUT2D eigenvalue weighted by Crippen LogP contribution is 1.93. The number of aryl methyl sites for hydroxylation is 1. The Kier molecular flexibility index (Phi) is 1.71. The zero-order valence-corrected chi connectivity index (χ0v) is 5.93. The first-order valence-electron chi connectivity index (χ1n) is 2.97. The van der Waals surface area contributed by atoms with E-state index in [0.717, 1.165) is 5.82 Å². The normalized spacial score (nSPS) is 9.40. The third-order valence-corrected chi connectivity index (χ3v) is 1.17. The lowest BCUT2D eigenvalue weighted by atomic mass is 10.4. The zero-order chi connectivity index (χ0) is 7.56. The molecule has 10 heavy (non-hydrogen) atoms. The molecule has 1 heterocycles. The molecule has 0 spiro atoms. The summed E-state index contributed by atoms with van der Waals surface area (Å²) in [6.45, 7) is 1.80. The Bertz CT molecular complexity index is 241. The number of carbonyl (C=O) groups excluding carboxylic acids is 1. The molecule has 0 aliphatic heterocycles. The second-order valence-corrected chi connectivity index (χ2v) is 1.96. The number of nitrogens with zero attached hydrogens (tertiary/aromatic N) is 1. The number of nitrogens with one attached hydrogen (secondary N) is 2.